The summed E-state index contributed by atoms with van der Waals surface area (Å²) in [6.45, 7) is 0.983. The summed E-state index contributed by atoms with van der Waals surface area (Å²) in [5.74, 6) is -0.926. The van der Waals surface area contributed by atoms with Crippen molar-refractivity contribution in [1.82, 2.24) is 4.90 Å². The summed E-state index contributed by atoms with van der Waals surface area (Å²) >= 11 is 0. The quantitative estimate of drug-likeness (QED) is 0.896. The molecule has 132 valence electrons. The molecule has 2 aromatic carbocycles. The predicted molar refractivity (Wildman–Crippen MR) is 91.5 cm³/mol. The first-order valence-electron chi connectivity index (χ1n) is 8.19. The van der Waals surface area contributed by atoms with Crippen molar-refractivity contribution in [3.8, 4) is 5.75 Å². The number of carbonyl (C=O) groups excluding carboxylic acids is 1. The molecule has 6 heteroatoms. The first-order valence-corrected chi connectivity index (χ1v) is 8.19. The summed E-state index contributed by atoms with van der Waals surface area (Å²) in [5.41, 5.74) is 1.26. The van der Waals surface area contributed by atoms with Crippen molar-refractivity contribution < 1.29 is 18.3 Å². The minimum atomic E-state index is -0.715. The van der Waals surface area contributed by atoms with Crippen molar-refractivity contribution in [3.63, 3.8) is 0 Å². The highest BCUT2D eigenvalue weighted by Crippen LogP contribution is 2.32. The molecular formula is C19H20F2N2O2. The maximum atomic E-state index is 13.2. The normalized spacial score (nSPS) is 17.5. The number of hydrogen-bond donors (Lipinski definition) is 1. The van der Waals surface area contributed by atoms with Crippen LogP contribution >= 0.6 is 0 Å². The van der Waals surface area contributed by atoms with E-state index in [4.69, 9.17) is 4.74 Å². The topological polar surface area (TPSA) is 41.6 Å². The van der Waals surface area contributed by atoms with Crippen molar-refractivity contribution in [1.29, 1.82) is 0 Å². The Labute approximate surface area is 145 Å². The van der Waals surface area contributed by atoms with Crippen LogP contribution in [-0.4, -0.2) is 31.0 Å². The summed E-state index contributed by atoms with van der Waals surface area (Å²) in [6, 6.07) is 10.9. The largest absolute Gasteiger partial charge is 0.497 e. The molecular weight excluding hydrogens is 326 g/mol. The van der Waals surface area contributed by atoms with Crippen LogP contribution < -0.4 is 10.1 Å². The maximum Gasteiger partial charge on any atom is 0.238 e. The van der Waals surface area contributed by atoms with Gasteiger partial charge in [-0.3, -0.25) is 9.69 Å². The lowest BCUT2D eigenvalue weighted by molar-refractivity contribution is -0.117. The first-order chi connectivity index (χ1) is 12.0. The SMILES string of the molecule is COc1ccc([C@@H]2CCCN2CC(=O)Nc2cc(F)cc(F)c2)cc1. The summed E-state index contributed by atoms with van der Waals surface area (Å²) in [5, 5.41) is 2.56. The second kappa shape index (κ2) is 7.61. The highest BCUT2D eigenvalue weighted by molar-refractivity contribution is 5.92. The second-order valence-corrected chi connectivity index (χ2v) is 6.11. The van der Waals surface area contributed by atoms with E-state index in [1.54, 1.807) is 7.11 Å². The van der Waals surface area contributed by atoms with Crippen LogP contribution in [0, 0.1) is 11.6 Å². The minimum Gasteiger partial charge on any atom is -0.497 e. The third-order valence-electron chi connectivity index (χ3n) is 4.36. The van der Waals surface area contributed by atoms with E-state index in [1.165, 1.54) is 0 Å². The van der Waals surface area contributed by atoms with E-state index in [9.17, 15) is 13.6 Å². The summed E-state index contributed by atoms with van der Waals surface area (Å²) < 4.78 is 31.6. The Kier molecular flexibility index (Phi) is 5.28. The third kappa shape index (κ3) is 4.33. The molecule has 1 aliphatic rings. The number of carbonyl (C=O) groups is 1. The van der Waals surface area contributed by atoms with Gasteiger partial charge in [0.2, 0.25) is 5.91 Å². The molecule has 2 aromatic rings. The van der Waals surface area contributed by atoms with Gasteiger partial charge in [-0.2, -0.15) is 0 Å². The molecule has 0 aliphatic carbocycles. The van der Waals surface area contributed by atoms with Gasteiger partial charge in [0.15, 0.2) is 0 Å². The van der Waals surface area contributed by atoms with Crippen LogP contribution in [0.2, 0.25) is 0 Å². The van der Waals surface area contributed by atoms with Crippen LogP contribution in [0.4, 0.5) is 14.5 Å². The molecule has 1 heterocycles. The van der Waals surface area contributed by atoms with Gasteiger partial charge in [0.05, 0.1) is 13.7 Å². The molecule has 0 radical (unpaired) electrons. The molecule has 1 N–H and O–H groups in total. The zero-order valence-electron chi connectivity index (χ0n) is 14.0. The van der Waals surface area contributed by atoms with Crippen molar-refractivity contribution in [2.45, 2.75) is 18.9 Å². The minimum absolute atomic E-state index is 0.127. The first kappa shape index (κ1) is 17.4. The fraction of sp³-hybridized carbons (Fsp3) is 0.316. The van der Waals surface area contributed by atoms with Crippen molar-refractivity contribution in [3.05, 3.63) is 59.7 Å². The van der Waals surface area contributed by atoms with Crippen LogP contribution in [0.1, 0.15) is 24.4 Å². The van der Waals surface area contributed by atoms with Gasteiger partial charge in [0, 0.05) is 17.8 Å². The van der Waals surface area contributed by atoms with Crippen LogP contribution in [-0.2, 0) is 4.79 Å². The van der Waals surface area contributed by atoms with Crippen molar-refractivity contribution >= 4 is 11.6 Å². The number of nitrogens with zero attached hydrogens (tertiary/aromatic N) is 1. The lowest BCUT2D eigenvalue weighted by Gasteiger charge is -2.24. The molecule has 1 atom stereocenters. The number of ether oxygens (including phenoxy) is 1. The number of anilines is 1. The zero-order valence-corrected chi connectivity index (χ0v) is 14.0. The molecule has 0 bridgehead atoms. The number of halogens is 2. The van der Waals surface area contributed by atoms with Crippen LogP contribution in [0.15, 0.2) is 42.5 Å². The Hall–Kier alpha value is -2.47. The molecule has 4 nitrogen and oxygen atoms in total. The Balaban J connectivity index is 1.65. The maximum absolute atomic E-state index is 13.2. The standard InChI is InChI=1S/C19H20F2N2O2/c1-25-17-6-4-13(5-7-17)18-3-2-8-23(18)12-19(24)22-16-10-14(20)9-15(21)11-16/h4-7,9-11,18H,2-3,8,12H2,1H3,(H,22,24)/t18-/m0/s1. The Morgan fingerprint density at radius 1 is 1.20 bits per heavy atom. The summed E-state index contributed by atoms with van der Waals surface area (Å²) in [6.07, 6.45) is 1.97. The number of benzene rings is 2. The van der Waals surface area contributed by atoms with E-state index in [2.05, 4.69) is 10.2 Å². The van der Waals surface area contributed by atoms with Crippen LogP contribution in [0.5, 0.6) is 5.75 Å². The van der Waals surface area contributed by atoms with Gasteiger partial charge in [-0.05, 0) is 49.2 Å². The monoisotopic (exact) mass is 346 g/mol. The number of amides is 1. The number of hydrogen-bond acceptors (Lipinski definition) is 3. The van der Waals surface area contributed by atoms with Gasteiger partial charge in [-0.25, -0.2) is 8.78 Å². The number of rotatable bonds is 5. The van der Waals surface area contributed by atoms with Crippen LogP contribution in [0.25, 0.3) is 0 Å². The van der Waals surface area contributed by atoms with Crippen LogP contribution in [0.3, 0.4) is 0 Å². The fourth-order valence-corrected chi connectivity index (χ4v) is 3.23. The number of likely N-dealkylation sites (tertiary alicyclic amines) is 1. The Morgan fingerprint density at radius 3 is 2.52 bits per heavy atom. The van der Waals surface area contributed by atoms with Gasteiger partial charge in [-0.15, -0.1) is 0 Å². The van der Waals surface area contributed by atoms with Crippen molar-refractivity contribution in [2.24, 2.45) is 0 Å². The van der Waals surface area contributed by atoms with Gasteiger partial charge in [0.1, 0.15) is 17.4 Å². The molecule has 1 amide bonds. The molecule has 1 aliphatic heterocycles. The van der Waals surface area contributed by atoms with Gasteiger partial charge in [-0.1, -0.05) is 12.1 Å². The Bertz CT molecular complexity index is 729. The molecule has 0 aromatic heterocycles. The molecule has 25 heavy (non-hydrogen) atoms. The molecule has 1 fully saturated rings. The zero-order chi connectivity index (χ0) is 17.8. The molecule has 0 saturated carbocycles. The lowest BCUT2D eigenvalue weighted by Crippen LogP contribution is -2.33. The summed E-state index contributed by atoms with van der Waals surface area (Å²) in [4.78, 5) is 14.3. The third-order valence-corrected chi connectivity index (χ3v) is 4.36. The predicted octanol–water partition coefficient (Wildman–Crippen LogP) is 3.75. The van der Waals surface area contributed by atoms with E-state index in [0.29, 0.717) is 0 Å². The van der Waals surface area contributed by atoms with E-state index >= 15 is 0 Å². The van der Waals surface area contributed by atoms with E-state index in [0.717, 1.165) is 48.9 Å². The summed E-state index contributed by atoms with van der Waals surface area (Å²) in [7, 11) is 1.62. The smallest absolute Gasteiger partial charge is 0.238 e. The second-order valence-electron chi connectivity index (χ2n) is 6.11. The highest BCUT2D eigenvalue weighted by atomic mass is 19.1. The average molecular weight is 346 g/mol. The van der Waals surface area contributed by atoms with E-state index in [1.807, 2.05) is 24.3 Å². The number of nitrogens with one attached hydrogen (secondary N) is 1. The van der Waals surface area contributed by atoms with Gasteiger partial charge >= 0.3 is 0 Å². The number of methoxy groups -OCH3 is 1. The molecule has 0 spiro atoms. The average Bonchev–Trinajstić information content (AvgIpc) is 3.01. The van der Waals surface area contributed by atoms with E-state index in [-0.39, 0.29) is 24.2 Å². The fourth-order valence-electron chi connectivity index (χ4n) is 3.23. The lowest BCUT2D eigenvalue weighted by atomic mass is 10.0. The van der Waals surface area contributed by atoms with Gasteiger partial charge in [0.25, 0.3) is 0 Å². The van der Waals surface area contributed by atoms with Gasteiger partial charge < -0.3 is 10.1 Å². The molecule has 1 saturated heterocycles. The molecule has 0 unspecified atom stereocenters. The molecule has 3 rings (SSSR count). The Morgan fingerprint density at radius 2 is 1.88 bits per heavy atom. The van der Waals surface area contributed by atoms with E-state index < -0.39 is 11.6 Å². The van der Waals surface area contributed by atoms with Crippen molar-refractivity contribution in [2.75, 3.05) is 25.5 Å². The highest BCUT2D eigenvalue weighted by Gasteiger charge is 2.27.